The zero-order valence-corrected chi connectivity index (χ0v) is 9.24. The normalized spacial score (nSPS) is 22.9. The Hall–Kier alpha value is -1.28. The predicted octanol–water partition coefficient (Wildman–Crippen LogP) is 2.98. The van der Waals surface area contributed by atoms with Gasteiger partial charge in [-0.05, 0) is 50.5 Å². The average molecular weight is 217 g/mol. The van der Waals surface area contributed by atoms with Crippen molar-refractivity contribution in [2.24, 2.45) is 0 Å². The number of likely N-dealkylation sites (tertiary alicyclic amines) is 1. The molecule has 3 rings (SSSR count). The molecule has 2 nitrogen and oxygen atoms in total. The first-order valence-corrected chi connectivity index (χ1v) is 5.87. The van der Waals surface area contributed by atoms with E-state index in [1.807, 2.05) is 6.07 Å². The Labute approximate surface area is 100 Å². The van der Waals surface area contributed by atoms with E-state index in [0.717, 1.165) is 18.4 Å². The highest BCUT2D eigenvalue weighted by molar-refractivity contribution is 5.83. The lowest BCUT2D eigenvalue weighted by Crippen LogP contribution is -2.29. The fraction of sp³-hybridized carbons (Fsp3) is 0.429. The van der Waals surface area contributed by atoms with Crippen LogP contribution in [0.15, 0.2) is 30.5 Å². The second-order valence-corrected chi connectivity index (χ2v) is 4.55. The summed E-state index contributed by atoms with van der Waals surface area (Å²) in [6.07, 6.45) is 3.92. The maximum atomic E-state index is 7.45. The van der Waals surface area contributed by atoms with Crippen molar-refractivity contribution in [2.75, 3.05) is 20.1 Å². The fourth-order valence-corrected chi connectivity index (χ4v) is 2.62. The molecule has 1 saturated heterocycles. The SMILES string of the molecule is [2H]C([2H])([2H])N1CCC(c2c[nH]c3ccccc23)CC1. The van der Waals surface area contributed by atoms with E-state index in [-0.39, 0.29) is 0 Å². The van der Waals surface area contributed by atoms with Crippen LogP contribution in [-0.4, -0.2) is 29.9 Å². The highest BCUT2D eigenvalue weighted by Crippen LogP contribution is 2.32. The molecule has 1 aliphatic heterocycles. The quantitative estimate of drug-likeness (QED) is 0.778. The van der Waals surface area contributed by atoms with E-state index >= 15 is 0 Å². The summed E-state index contributed by atoms with van der Waals surface area (Å²) in [5.74, 6) is 0.467. The minimum atomic E-state index is -1.94. The number of piperidine rings is 1. The first kappa shape index (κ1) is 7.13. The number of hydrogen-bond acceptors (Lipinski definition) is 1. The third-order valence-electron chi connectivity index (χ3n) is 3.56. The van der Waals surface area contributed by atoms with Crippen LogP contribution in [0.25, 0.3) is 10.9 Å². The largest absolute Gasteiger partial charge is 0.361 e. The van der Waals surface area contributed by atoms with E-state index in [1.165, 1.54) is 10.9 Å². The Kier molecular flexibility index (Phi) is 1.76. The Bertz CT molecular complexity index is 565. The Morgan fingerprint density at radius 3 is 2.94 bits per heavy atom. The molecule has 0 radical (unpaired) electrons. The zero-order valence-electron chi connectivity index (χ0n) is 12.2. The molecular formula is C14H18N2. The van der Waals surface area contributed by atoms with Gasteiger partial charge in [0.05, 0.1) is 0 Å². The van der Waals surface area contributed by atoms with E-state index in [4.69, 9.17) is 4.11 Å². The molecule has 2 heteroatoms. The van der Waals surface area contributed by atoms with Gasteiger partial charge in [-0.2, -0.15) is 0 Å². The van der Waals surface area contributed by atoms with Crippen LogP contribution in [0, 0.1) is 0 Å². The topological polar surface area (TPSA) is 19.0 Å². The summed E-state index contributed by atoms with van der Waals surface area (Å²) < 4.78 is 22.4. The molecule has 0 spiro atoms. The predicted molar refractivity (Wildman–Crippen MR) is 67.8 cm³/mol. The third-order valence-corrected chi connectivity index (χ3v) is 3.56. The van der Waals surface area contributed by atoms with Gasteiger partial charge in [0, 0.05) is 21.2 Å². The van der Waals surface area contributed by atoms with Crippen LogP contribution in [0.4, 0.5) is 0 Å². The molecule has 1 N–H and O–H groups in total. The minimum absolute atomic E-state index is 0.467. The zero-order chi connectivity index (χ0) is 13.5. The minimum Gasteiger partial charge on any atom is -0.361 e. The lowest BCUT2D eigenvalue weighted by molar-refractivity contribution is 0.256. The monoisotopic (exact) mass is 217 g/mol. The van der Waals surface area contributed by atoms with Crippen molar-refractivity contribution >= 4 is 10.9 Å². The molecule has 1 aromatic heterocycles. The van der Waals surface area contributed by atoms with Gasteiger partial charge in [-0.3, -0.25) is 0 Å². The van der Waals surface area contributed by atoms with Gasteiger partial charge in [0.1, 0.15) is 0 Å². The molecule has 0 amide bonds. The number of aromatic nitrogens is 1. The van der Waals surface area contributed by atoms with Crippen LogP contribution in [0.2, 0.25) is 0 Å². The van der Waals surface area contributed by atoms with Crippen molar-refractivity contribution in [3.63, 3.8) is 0 Å². The number of H-pyrrole nitrogens is 1. The average Bonchev–Trinajstić information content (AvgIpc) is 2.82. The lowest BCUT2D eigenvalue weighted by atomic mass is 9.89. The summed E-state index contributed by atoms with van der Waals surface area (Å²) in [7, 11) is 0. The van der Waals surface area contributed by atoms with Crippen LogP contribution in [0.5, 0.6) is 0 Å². The number of nitrogens with zero attached hydrogens (tertiary/aromatic N) is 1. The van der Waals surface area contributed by atoms with Gasteiger partial charge in [-0.15, -0.1) is 0 Å². The summed E-state index contributed by atoms with van der Waals surface area (Å²) in [6, 6.07) is 8.30. The second kappa shape index (κ2) is 3.95. The van der Waals surface area contributed by atoms with Crippen LogP contribution in [0.1, 0.15) is 28.4 Å². The van der Waals surface area contributed by atoms with Crippen LogP contribution in [-0.2, 0) is 0 Å². The van der Waals surface area contributed by atoms with Gasteiger partial charge in [-0.1, -0.05) is 18.2 Å². The van der Waals surface area contributed by atoms with Gasteiger partial charge < -0.3 is 9.88 Å². The molecule has 0 bridgehead atoms. The van der Waals surface area contributed by atoms with Gasteiger partial charge in [0.25, 0.3) is 0 Å². The molecule has 84 valence electrons. The van der Waals surface area contributed by atoms with Crippen LogP contribution in [0.3, 0.4) is 0 Å². The summed E-state index contributed by atoms with van der Waals surface area (Å²) in [4.78, 5) is 4.91. The molecule has 0 saturated carbocycles. The third kappa shape index (κ3) is 1.63. The van der Waals surface area contributed by atoms with E-state index < -0.39 is 6.98 Å². The smallest absolute Gasteiger partial charge is 0.0456 e. The number of aromatic amines is 1. The van der Waals surface area contributed by atoms with Crippen LogP contribution < -0.4 is 0 Å². The van der Waals surface area contributed by atoms with Crippen molar-refractivity contribution in [3.05, 3.63) is 36.0 Å². The molecule has 0 atom stereocenters. The van der Waals surface area contributed by atoms with E-state index in [0.29, 0.717) is 19.0 Å². The molecule has 0 unspecified atom stereocenters. The van der Waals surface area contributed by atoms with Crippen molar-refractivity contribution in [1.29, 1.82) is 0 Å². The standard InChI is InChI=1S/C14H18N2/c1-16-8-6-11(7-9-16)13-10-15-14-5-3-2-4-12(13)14/h2-5,10-11,15H,6-9H2,1H3/i1D3. The molecule has 1 aromatic carbocycles. The second-order valence-electron chi connectivity index (χ2n) is 4.55. The van der Waals surface area contributed by atoms with Gasteiger partial charge in [-0.25, -0.2) is 0 Å². The number of hydrogen-bond donors (Lipinski definition) is 1. The first-order valence-electron chi connectivity index (χ1n) is 7.37. The van der Waals surface area contributed by atoms with Crippen molar-refractivity contribution in [3.8, 4) is 0 Å². The van der Waals surface area contributed by atoms with Crippen LogP contribution >= 0.6 is 0 Å². The van der Waals surface area contributed by atoms with Gasteiger partial charge in [0.15, 0.2) is 0 Å². The summed E-state index contributed by atoms with van der Waals surface area (Å²) in [6.45, 7) is -0.632. The molecule has 1 fully saturated rings. The van der Waals surface area contributed by atoms with Gasteiger partial charge in [0.2, 0.25) is 0 Å². The Balaban J connectivity index is 1.79. The molecule has 2 heterocycles. The number of nitrogens with one attached hydrogen (secondary N) is 1. The summed E-state index contributed by atoms with van der Waals surface area (Å²) in [5, 5.41) is 1.27. The van der Waals surface area contributed by atoms with Crippen molar-refractivity contribution < 1.29 is 4.11 Å². The molecule has 16 heavy (non-hydrogen) atoms. The number of rotatable bonds is 1. The molecular weight excluding hydrogens is 196 g/mol. The molecule has 2 aromatic rings. The highest BCUT2D eigenvalue weighted by Gasteiger charge is 2.20. The number of fused-ring (bicyclic) bond motifs is 1. The summed E-state index contributed by atoms with van der Waals surface area (Å²) >= 11 is 0. The number of benzene rings is 1. The number of para-hydroxylation sites is 1. The Morgan fingerprint density at radius 1 is 1.31 bits per heavy atom. The van der Waals surface area contributed by atoms with Gasteiger partial charge >= 0.3 is 0 Å². The summed E-state index contributed by atoms with van der Waals surface area (Å²) in [5.41, 5.74) is 2.50. The molecule has 1 aliphatic rings. The highest BCUT2D eigenvalue weighted by atomic mass is 15.1. The first-order chi connectivity index (χ1) is 9.05. The molecule has 0 aliphatic carbocycles. The maximum Gasteiger partial charge on any atom is 0.0456 e. The van der Waals surface area contributed by atoms with Crippen molar-refractivity contribution in [2.45, 2.75) is 18.8 Å². The fourth-order valence-electron chi connectivity index (χ4n) is 2.62. The van der Waals surface area contributed by atoms with E-state index in [2.05, 4.69) is 29.4 Å². The lowest BCUT2D eigenvalue weighted by Gasteiger charge is -2.28. The maximum absolute atomic E-state index is 7.45. The van der Waals surface area contributed by atoms with Crippen molar-refractivity contribution in [1.82, 2.24) is 9.88 Å². The van der Waals surface area contributed by atoms with E-state index in [1.54, 1.807) is 4.90 Å². The van der Waals surface area contributed by atoms with E-state index in [9.17, 15) is 0 Å². The Morgan fingerprint density at radius 2 is 2.12 bits per heavy atom.